The predicted molar refractivity (Wildman–Crippen MR) is 50.3 cm³/mol. The van der Waals surface area contributed by atoms with E-state index in [0.29, 0.717) is 5.82 Å². The third-order valence-corrected chi connectivity index (χ3v) is 2.26. The maximum atomic E-state index is 11.6. The van der Waals surface area contributed by atoms with E-state index >= 15 is 0 Å². The molecular formula is C9H12N2O3. The van der Waals surface area contributed by atoms with E-state index < -0.39 is 11.9 Å². The normalized spacial score (nSPS) is 12.5. The fourth-order valence-corrected chi connectivity index (χ4v) is 1.08. The molecule has 76 valence electrons. The zero-order valence-electron chi connectivity index (χ0n) is 8.31. The molecule has 0 fully saturated rings. The number of rotatable bonds is 2. The van der Waals surface area contributed by atoms with Gasteiger partial charge in [0.1, 0.15) is 5.82 Å². The number of aromatic nitrogens is 2. The van der Waals surface area contributed by atoms with Gasteiger partial charge >= 0.3 is 5.97 Å². The first kappa shape index (κ1) is 10.4. The summed E-state index contributed by atoms with van der Waals surface area (Å²) >= 11 is 0. The summed E-state index contributed by atoms with van der Waals surface area (Å²) in [5, 5.41) is 8.74. The van der Waals surface area contributed by atoms with Crippen molar-refractivity contribution in [2.75, 3.05) is 0 Å². The maximum absolute atomic E-state index is 11.6. The lowest BCUT2D eigenvalue weighted by atomic mass is 10.1. The number of hydrogen-bond acceptors (Lipinski definition) is 3. The average Bonchev–Trinajstić information content (AvgIpc) is 2.13. The standard InChI is InChI=1S/C9H12N2O3/c1-5(9(13)14)7-4-10-6(2)11(3)8(7)12/h4-5H,1-3H3,(H,13,14). The van der Waals surface area contributed by atoms with Crippen LogP contribution in [0.1, 0.15) is 24.2 Å². The van der Waals surface area contributed by atoms with Gasteiger partial charge in [-0.3, -0.25) is 14.2 Å². The van der Waals surface area contributed by atoms with Crippen LogP contribution < -0.4 is 5.56 Å². The van der Waals surface area contributed by atoms with Gasteiger partial charge in [0.2, 0.25) is 0 Å². The van der Waals surface area contributed by atoms with Gasteiger partial charge < -0.3 is 5.11 Å². The van der Waals surface area contributed by atoms with Crippen molar-refractivity contribution < 1.29 is 9.90 Å². The average molecular weight is 196 g/mol. The van der Waals surface area contributed by atoms with Gasteiger partial charge in [-0.05, 0) is 13.8 Å². The van der Waals surface area contributed by atoms with E-state index in [1.807, 2.05) is 0 Å². The van der Waals surface area contributed by atoms with Crippen molar-refractivity contribution in [3.05, 3.63) is 27.9 Å². The van der Waals surface area contributed by atoms with Crippen LogP contribution in [0, 0.1) is 6.92 Å². The lowest BCUT2D eigenvalue weighted by Gasteiger charge is -2.08. The molecule has 0 aliphatic rings. The highest BCUT2D eigenvalue weighted by molar-refractivity contribution is 5.75. The molecule has 1 heterocycles. The molecule has 0 amide bonds. The summed E-state index contributed by atoms with van der Waals surface area (Å²) in [5.41, 5.74) is -0.0852. The van der Waals surface area contributed by atoms with E-state index in [1.165, 1.54) is 17.7 Å². The Morgan fingerprint density at radius 3 is 2.71 bits per heavy atom. The van der Waals surface area contributed by atoms with Crippen molar-refractivity contribution >= 4 is 5.97 Å². The minimum atomic E-state index is -1.02. The molecule has 1 unspecified atom stereocenters. The van der Waals surface area contributed by atoms with Gasteiger partial charge in [-0.1, -0.05) is 0 Å². The first-order chi connectivity index (χ1) is 6.45. The zero-order valence-corrected chi connectivity index (χ0v) is 8.31. The quantitative estimate of drug-likeness (QED) is 0.737. The number of nitrogens with zero attached hydrogens (tertiary/aromatic N) is 2. The summed E-state index contributed by atoms with van der Waals surface area (Å²) in [5.74, 6) is -1.27. The second-order valence-electron chi connectivity index (χ2n) is 3.18. The van der Waals surface area contributed by atoms with Crippen molar-refractivity contribution in [1.29, 1.82) is 0 Å². The van der Waals surface area contributed by atoms with Gasteiger partial charge in [-0.15, -0.1) is 0 Å². The maximum Gasteiger partial charge on any atom is 0.310 e. The molecule has 1 atom stereocenters. The highest BCUT2D eigenvalue weighted by Gasteiger charge is 2.18. The Morgan fingerprint density at radius 2 is 2.21 bits per heavy atom. The third-order valence-electron chi connectivity index (χ3n) is 2.26. The van der Waals surface area contributed by atoms with Crippen LogP contribution in [-0.4, -0.2) is 20.6 Å². The molecule has 0 saturated heterocycles. The monoisotopic (exact) mass is 196 g/mol. The molecule has 14 heavy (non-hydrogen) atoms. The summed E-state index contributed by atoms with van der Waals surface area (Å²) in [7, 11) is 1.57. The highest BCUT2D eigenvalue weighted by atomic mass is 16.4. The van der Waals surface area contributed by atoms with E-state index in [4.69, 9.17) is 5.11 Å². The minimum absolute atomic E-state index is 0.214. The van der Waals surface area contributed by atoms with E-state index in [9.17, 15) is 9.59 Å². The highest BCUT2D eigenvalue weighted by Crippen LogP contribution is 2.09. The van der Waals surface area contributed by atoms with Crippen molar-refractivity contribution in [3.8, 4) is 0 Å². The molecule has 1 aromatic rings. The third kappa shape index (κ3) is 1.66. The summed E-state index contributed by atoms with van der Waals surface area (Å²) in [4.78, 5) is 26.2. The molecular weight excluding hydrogens is 184 g/mol. The molecule has 1 N–H and O–H groups in total. The van der Waals surface area contributed by atoms with Crippen LogP contribution in [0.5, 0.6) is 0 Å². The van der Waals surface area contributed by atoms with Crippen LogP contribution >= 0.6 is 0 Å². The van der Waals surface area contributed by atoms with E-state index in [2.05, 4.69) is 4.98 Å². The first-order valence-electron chi connectivity index (χ1n) is 4.20. The summed E-state index contributed by atoms with van der Waals surface area (Å²) in [6, 6.07) is 0. The van der Waals surface area contributed by atoms with Crippen molar-refractivity contribution in [3.63, 3.8) is 0 Å². The Bertz CT molecular complexity index is 423. The van der Waals surface area contributed by atoms with Gasteiger partial charge in [-0.2, -0.15) is 0 Å². The molecule has 1 rings (SSSR count). The summed E-state index contributed by atoms with van der Waals surface area (Å²) in [6.07, 6.45) is 1.33. The molecule has 5 heteroatoms. The molecule has 0 aliphatic heterocycles. The number of hydrogen-bond donors (Lipinski definition) is 1. The van der Waals surface area contributed by atoms with E-state index in [1.54, 1.807) is 14.0 Å². The Labute approximate surface area is 81.0 Å². The van der Waals surface area contributed by atoms with Gasteiger partial charge in [0.05, 0.1) is 5.92 Å². The Balaban J connectivity index is 3.32. The van der Waals surface area contributed by atoms with Gasteiger partial charge in [0.25, 0.3) is 5.56 Å². The van der Waals surface area contributed by atoms with Crippen LogP contribution in [0.2, 0.25) is 0 Å². The fraction of sp³-hybridized carbons (Fsp3) is 0.444. The van der Waals surface area contributed by atoms with Crippen LogP contribution in [0.15, 0.2) is 11.0 Å². The van der Waals surface area contributed by atoms with Crippen molar-refractivity contribution in [2.24, 2.45) is 7.05 Å². The smallest absolute Gasteiger partial charge is 0.310 e. The lowest BCUT2D eigenvalue weighted by Crippen LogP contribution is -2.27. The number of aliphatic carboxylic acids is 1. The number of carboxylic acid groups (broad SMARTS) is 1. The number of carboxylic acids is 1. The fourth-order valence-electron chi connectivity index (χ4n) is 1.08. The van der Waals surface area contributed by atoms with Crippen LogP contribution in [0.25, 0.3) is 0 Å². The molecule has 0 radical (unpaired) electrons. The molecule has 0 spiro atoms. The van der Waals surface area contributed by atoms with Gasteiger partial charge in [0, 0.05) is 18.8 Å². The first-order valence-corrected chi connectivity index (χ1v) is 4.20. The number of carbonyl (C=O) groups is 1. The second-order valence-corrected chi connectivity index (χ2v) is 3.18. The molecule has 1 aromatic heterocycles. The van der Waals surface area contributed by atoms with E-state index in [0.717, 1.165) is 0 Å². The summed E-state index contributed by atoms with van der Waals surface area (Å²) < 4.78 is 1.34. The zero-order chi connectivity index (χ0) is 10.9. The van der Waals surface area contributed by atoms with Crippen LogP contribution in [0.4, 0.5) is 0 Å². The minimum Gasteiger partial charge on any atom is -0.481 e. The molecule has 5 nitrogen and oxygen atoms in total. The Morgan fingerprint density at radius 1 is 1.64 bits per heavy atom. The van der Waals surface area contributed by atoms with Crippen LogP contribution in [-0.2, 0) is 11.8 Å². The van der Waals surface area contributed by atoms with Crippen LogP contribution in [0.3, 0.4) is 0 Å². The summed E-state index contributed by atoms with van der Waals surface area (Å²) in [6.45, 7) is 3.16. The second kappa shape index (κ2) is 3.61. The van der Waals surface area contributed by atoms with Crippen molar-refractivity contribution in [1.82, 2.24) is 9.55 Å². The molecule has 0 bridgehead atoms. The Hall–Kier alpha value is -1.65. The van der Waals surface area contributed by atoms with Gasteiger partial charge in [-0.25, -0.2) is 4.98 Å². The lowest BCUT2D eigenvalue weighted by molar-refractivity contribution is -0.138. The van der Waals surface area contributed by atoms with Crippen molar-refractivity contribution in [2.45, 2.75) is 19.8 Å². The molecule has 0 aromatic carbocycles. The topological polar surface area (TPSA) is 72.2 Å². The Kier molecular flexibility index (Phi) is 2.69. The predicted octanol–water partition coefficient (Wildman–Crippen LogP) is 0.277. The SMILES string of the molecule is Cc1ncc(C(C)C(=O)O)c(=O)n1C. The molecule has 0 aliphatic carbocycles. The number of aryl methyl sites for hydroxylation is 1. The van der Waals surface area contributed by atoms with Gasteiger partial charge in [0.15, 0.2) is 0 Å². The largest absolute Gasteiger partial charge is 0.481 e. The molecule has 0 saturated carbocycles. The van der Waals surface area contributed by atoms with E-state index in [-0.39, 0.29) is 11.1 Å².